The predicted octanol–water partition coefficient (Wildman–Crippen LogP) is 2.22. The number of rotatable bonds is 9. The lowest BCUT2D eigenvalue weighted by Gasteiger charge is -2.11. The molecule has 3 N–H and O–H groups in total. The van der Waals surface area contributed by atoms with Gasteiger partial charge in [-0.2, -0.15) is 0 Å². The molecule has 2 aromatic rings. The Labute approximate surface area is 189 Å². The van der Waals surface area contributed by atoms with Gasteiger partial charge in [-0.05, 0) is 31.0 Å². The highest BCUT2D eigenvalue weighted by Gasteiger charge is 2.22. The van der Waals surface area contributed by atoms with Crippen LogP contribution in [0.15, 0.2) is 59.5 Å². The third kappa shape index (κ3) is 11.0. The van der Waals surface area contributed by atoms with Gasteiger partial charge in [0, 0.05) is 12.3 Å². The van der Waals surface area contributed by atoms with Gasteiger partial charge in [0.15, 0.2) is 6.04 Å². The van der Waals surface area contributed by atoms with Gasteiger partial charge in [0.25, 0.3) is 0 Å². The summed E-state index contributed by atoms with van der Waals surface area (Å²) in [5.41, 5.74) is 5.63. The molecule has 0 aliphatic rings. The number of ether oxygens (including phenoxy) is 2. The normalized spacial score (nSPS) is 11.8. The predicted molar refractivity (Wildman–Crippen MR) is 117 cm³/mol. The van der Waals surface area contributed by atoms with Crippen LogP contribution in [-0.4, -0.2) is 37.6 Å². The molecule has 2 aromatic carbocycles. The van der Waals surface area contributed by atoms with Gasteiger partial charge in [0.2, 0.25) is 0 Å². The summed E-state index contributed by atoms with van der Waals surface area (Å²) < 4.78 is 41.4. The largest absolute Gasteiger partial charge is 0.744 e. The standard InChI is InChI=1S/C16H23NO4.C7H8O3S/c1-12(2)15(17)16(19)20-10-6-9-14(18)21-11-13-7-4-3-5-8-13;1-6-2-4-7(5-3-6)11(8,9)10/h3-5,7-8,12,15H,6,9-11,17H2,1-2H3;2-5H,1H3,(H,8,9,10)/t15-;/m0./s1. The van der Waals surface area contributed by atoms with Crippen LogP contribution in [0.1, 0.15) is 37.8 Å². The van der Waals surface area contributed by atoms with Gasteiger partial charge in [-0.15, -0.1) is 0 Å². The summed E-state index contributed by atoms with van der Waals surface area (Å²) in [6.45, 7) is 6.15. The second kappa shape index (κ2) is 13.6. The summed E-state index contributed by atoms with van der Waals surface area (Å²) in [6.07, 6.45) is 0.702. The van der Waals surface area contributed by atoms with Crippen LogP contribution >= 0.6 is 0 Å². The van der Waals surface area contributed by atoms with E-state index in [0.717, 1.165) is 11.1 Å². The van der Waals surface area contributed by atoms with Gasteiger partial charge < -0.3 is 19.8 Å². The number of esters is 2. The highest BCUT2D eigenvalue weighted by Crippen LogP contribution is 2.08. The summed E-state index contributed by atoms with van der Waals surface area (Å²) in [4.78, 5) is 22.9. The third-order valence-corrected chi connectivity index (χ3v) is 5.28. The van der Waals surface area contributed by atoms with E-state index in [0.29, 0.717) is 6.42 Å². The van der Waals surface area contributed by atoms with Gasteiger partial charge in [-0.3, -0.25) is 4.79 Å². The molecule has 0 bridgehead atoms. The Morgan fingerprint density at radius 1 is 1.00 bits per heavy atom. The van der Waals surface area contributed by atoms with E-state index < -0.39 is 10.1 Å². The van der Waals surface area contributed by atoms with Crippen molar-refractivity contribution >= 4 is 22.1 Å². The Morgan fingerprint density at radius 2 is 1.59 bits per heavy atom. The van der Waals surface area contributed by atoms with Crippen molar-refractivity contribution in [2.75, 3.05) is 6.61 Å². The Kier molecular flexibility index (Phi) is 11.6. The highest BCUT2D eigenvalue weighted by atomic mass is 32.2. The minimum absolute atomic E-state index is 0.147. The molecule has 1 atom stereocenters. The van der Waals surface area contributed by atoms with Gasteiger partial charge in [-0.1, -0.05) is 61.9 Å². The zero-order chi connectivity index (χ0) is 24.1. The van der Waals surface area contributed by atoms with E-state index in [9.17, 15) is 22.6 Å². The number of hydrogen-bond donors (Lipinski definition) is 1. The molecule has 0 aliphatic carbocycles. The van der Waals surface area contributed by atoms with E-state index in [2.05, 4.69) is 5.73 Å². The first-order valence-corrected chi connectivity index (χ1v) is 11.6. The van der Waals surface area contributed by atoms with Crippen LogP contribution in [-0.2, 0) is 35.8 Å². The summed E-state index contributed by atoms with van der Waals surface area (Å²) in [6, 6.07) is 14.9. The van der Waals surface area contributed by atoms with Crippen molar-refractivity contribution in [3.05, 3.63) is 65.7 Å². The van der Waals surface area contributed by atoms with E-state index in [4.69, 9.17) is 9.47 Å². The second-order valence-corrected chi connectivity index (χ2v) is 8.91. The van der Waals surface area contributed by atoms with Crippen molar-refractivity contribution in [3.63, 3.8) is 0 Å². The van der Waals surface area contributed by atoms with E-state index >= 15 is 0 Å². The smallest absolute Gasteiger partial charge is 0.365 e. The summed E-state index contributed by atoms with van der Waals surface area (Å²) in [5.74, 6) is -0.457. The molecule has 9 heteroatoms. The average molecular weight is 466 g/mol. The van der Waals surface area contributed by atoms with Crippen LogP contribution in [0.4, 0.5) is 0 Å². The maximum atomic E-state index is 11.5. The molecule has 32 heavy (non-hydrogen) atoms. The van der Waals surface area contributed by atoms with Crippen LogP contribution in [0.25, 0.3) is 0 Å². The number of aryl methyl sites for hydroxylation is 1. The molecule has 0 spiro atoms. The van der Waals surface area contributed by atoms with Crippen molar-refractivity contribution < 1.29 is 37.8 Å². The lowest BCUT2D eigenvalue weighted by molar-refractivity contribution is -0.418. The zero-order valence-electron chi connectivity index (χ0n) is 18.7. The van der Waals surface area contributed by atoms with Gasteiger partial charge in [0.05, 0.1) is 11.5 Å². The topological polar surface area (TPSA) is 137 Å². The molecular weight excluding hydrogens is 434 g/mol. The number of benzene rings is 2. The van der Waals surface area contributed by atoms with Crippen molar-refractivity contribution in [3.8, 4) is 0 Å². The Bertz CT molecular complexity index is 942. The molecule has 8 nitrogen and oxygen atoms in total. The van der Waals surface area contributed by atoms with E-state index in [1.807, 2.05) is 51.1 Å². The van der Waals surface area contributed by atoms with Crippen LogP contribution < -0.4 is 5.73 Å². The number of quaternary nitrogens is 1. The average Bonchev–Trinajstić information content (AvgIpc) is 2.75. The summed E-state index contributed by atoms with van der Waals surface area (Å²) in [7, 11) is -4.27. The molecule has 0 fully saturated rings. The van der Waals surface area contributed by atoms with Crippen molar-refractivity contribution in [2.24, 2.45) is 5.92 Å². The second-order valence-electron chi connectivity index (χ2n) is 7.54. The van der Waals surface area contributed by atoms with Gasteiger partial charge >= 0.3 is 11.9 Å². The quantitative estimate of drug-likeness (QED) is 0.340. The van der Waals surface area contributed by atoms with Crippen molar-refractivity contribution in [1.82, 2.24) is 0 Å². The maximum Gasteiger partial charge on any atom is 0.365 e. The van der Waals surface area contributed by atoms with Crippen LogP contribution in [0.2, 0.25) is 0 Å². The first-order chi connectivity index (χ1) is 15.0. The maximum absolute atomic E-state index is 11.5. The fraction of sp³-hybridized carbons (Fsp3) is 0.391. The molecule has 0 aliphatic heterocycles. The minimum Gasteiger partial charge on any atom is -0.744 e. The van der Waals surface area contributed by atoms with Crippen molar-refractivity contribution in [2.45, 2.75) is 51.2 Å². The Hall–Kier alpha value is -2.75. The molecule has 0 aromatic heterocycles. The molecule has 176 valence electrons. The van der Waals surface area contributed by atoms with Crippen LogP contribution in [0, 0.1) is 12.8 Å². The SMILES string of the molecule is CC(C)[C@H]([NH3+])C(=O)OCCCC(=O)OCc1ccccc1.Cc1ccc(S(=O)(=O)[O-])cc1. The molecule has 0 saturated carbocycles. The Morgan fingerprint density at radius 3 is 2.12 bits per heavy atom. The van der Waals surface area contributed by atoms with Crippen molar-refractivity contribution in [1.29, 1.82) is 0 Å². The lowest BCUT2D eigenvalue weighted by atomic mass is 10.1. The summed E-state index contributed by atoms with van der Waals surface area (Å²) >= 11 is 0. The first-order valence-electron chi connectivity index (χ1n) is 10.2. The molecule has 0 radical (unpaired) electrons. The van der Waals surface area contributed by atoms with Gasteiger partial charge in [0.1, 0.15) is 16.7 Å². The molecule has 2 rings (SSSR count). The fourth-order valence-electron chi connectivity index (χ4n) is 2.28. The van der Waals surface area contributed by atoms with E-state index in [1.54, 1.807) is 12.1 Å². The Balaban J connectivity index is 0.000000389. The number of carbonyl (C=O) groups excluding carboxylic acids is 2. The molecule has 0 unspecified atom stereocenters. The summed E-state index contributed by atoms with van der Waals surface area (Å²) in [5, 5.41) is 0. The zero-order valence-corrected chi connectivity index (χ0v) is 19.5. The van der Waals surface area contributed by atoms with Crippen LogP contribution in [0.5, 0.6) is 0 Å². The first kappa shape index (κ1) is 27.3. The van der Waals surface area contributed by atoms with E-state index in [1.165, 1.54) is 12.1 Å². The number of carbonyl (C=O) groups is 2. The highest BCUT2D eigenvalue weighted by molar-refractivity contribution is 7.85. The monoisotopic (exact) mass is 465 g/mol. The lowest BCUT2D eigenvalue weighted by Crippen LogP contribution is -2.67. The van der Waals surface area contributed by atoms with E-state index in [-0.39, 0.29) is 48.4 Å². The molecule has 0 amide bonds. The van der Waals surface area contributed by atoms with Gasteiger partial charge in [-0.25, -0.2) is 13.2 Å². The van der Waals surface area contributed by atoms with Crippen LogP contribution in [0.3, 0.4) is 0 Å². The fourth-order valence-corrected chi connectivity index (χ4v) is 2.75. The molecule has 0 heterocycles. The minimum atomic E-state index is -4.27. The number of hydrogen-bond acceptors (Lipinski definition) is 7. The third-order valence-electron chi connectivity index (χ3n) is 4.43. The molecule has 0 saturated heterocycles. The molecular formula is C23H31NO7S.